The van der Waals surface area contributed by atoms with Gasteiger partial charge in [-0.05, 0) is 61.1 Å². The molecule has 0 aliphatic carbocycles. The van der Waals surface area contributed by atoms with Gasteiger partial charge in [0.05, 0.1) is 0 Å². The maximum atomic E-state index is 13.9. The van der Waals surface area contributed by atoms with Gasteiger partial charge in [0.2, 0.25) is 35.4 Å². The zero-order valence-electron chi connectivity index (χ0n) is 30.5. The molecule has 0 saturated heterocycles. The molecule has 0 bridgehead atoms. The van der Waals surface area contributed by atoms with Gasteiger partial charge in [-0.15, -0.1) is 11.8 Å². The number of nitrogens with one attached hydrogen (secondary N) is 5. The Labute approximate surface area is 301 Å². The Morgan fingerprint density at radius 2 is 1.42 bits per heavy atom. The molecule has 14 heteroatoms. The standard InChI is InChI=1S/C36H58N6O7S/c1-8-10-11-18-50-21-30(41-33(46)28(19-22(3)4)39-25(7)43)35(48)40-29(20-26-13-15-27(44)16-14-26)34(47)42-32(23(5)9-2)36(49)38-24(6)12-17-31(37)45/h11,13-16,18,22-24,28-30,32,44H,8-10,12,17,19-21H2,1-7H3,(H2,37,45)(H,38,49)(H,39,43)(H,40,48)(H,41,46)(H,42,47)/b18-11-/t23?,24-,28?,29?,30+,32+/m1/s1. The number of aromatic hydroxyl groups is 1. The minimum Gasteiger partial charge on any atom is -0.508 e. The van der Waals surface area contributed by atoms with Gasteiger partial charge in [0.15, 0.2) is 0 Å². The fourth-order valence-electron chi connectivity index (χ4n) is 4.93. The van der Waals surface area contributed by atoms with Crippen molar-refractivity contribution in [3.05, 3.63) is 41.3 Å². The van der Waals surface area contributed by atoms with E-state index in [0.29, 0.717) is 24.8 Å². The van der Waals surface area contributed by atoms with Crippen LogP contribution in [0.1, 0.15) is 92.6 Å². The third-order valence-corrected chi connectivity index (χ3v) is 8.87. The molecule has 0 heterocycles. The summed E-state index contributed by atoms with van der Waals surface area (Å²) < 4.78 is 0. The molecule has 1 aromatic rings. The van der Waals surface area contributed by atoms with Crippen molar-refractivity contribution >= 4 is 47.2 Å². The van der Waals surface area contributed by atoms with E-state index in [-0.39, 0.29) is 48.1 Å². The molecule has 50 heavy (non-hydrogen) atoms. The quantitative estimate of drug-likeness (QED) is 0.0893. The van der Waals surface area contributed by atoms with Gasteiger partial charge in [-0.2, -0.15) is 0 Å². The molecule has 0 fully saturated rings. The molecule has 1 rings (SSSR count). The zero-order chi connectivity index (χ0) is 37.8. The summed E-state index contributed by atoms with van der Waals surface area (Å²) in [5.74, 6) is -3.08. The lowest BCUT2D eigenvalue weighted by Crippen LogP contribution is -2.60. The van der Waals surface area contributed by atoms with Crippen LogP contribution in [0.15, 0.2) is 35.7 Å². The first-order valence-corrected chi connectivity index (χ1v) is 18.4. The second-order valence-corrected chi connectivity index (χ2v) is 14.1. The molecule has 13 nitrogen and oxygen atoms in total. The molecule has 6 amide bonds. The number of hydrogen-bond acceptors (Lipinski definition) is 8. The van der Waals surface area contributed by atoms with Crippen LogP contribution in [-0.4, -0.2) is 76.5 Å². The summed E-state index contributed by atoms with van der Waals surface area (Å²) in [7, 11) is 0. The van der Waals surface area contributed by atoms with Crippen LogP contribution in [0, 0.1) is 11.8 Å². The lowest BCUT2D eigenvalue weighted by molar-refractivity contribution is -0.134. The van der Waals surface area contributed by atoms with Crippen LogP contribution in [0.25, 0.3) is 0 Å². The molecular formula is C36H58N6O7S. The average molecular weight is 719 g/mol. The Kier molecular flexibility index (Phi) is 20.5. The second-order valence-electron chi connectivity index (χ2n) is 13.2. The zero-order valence-corrected chi connectivity index (χ0v) is 31.4. The predicted octanol–water partition coefficient (Wildman–Crippen LogP) is 2.80. The van der Waals surface area contributed by atoms with Crippen molar-refractivity contribution in [3.63, 3.8) is 0 Å². The van der Waals surface area contributed by atoms with Gasteiger partial charge in [0.25, 0.3) is 0 Å². The molecule has 6 atom stereocenters. The van der Waals surface area contributed by atoms with E-state index in [0.717, 1.165) is 12.8 Å². The van der Waals surface area contributed by atoms with Gasteiger partial charge in [-0.25, -0.2) is 0 Å². The predicted molar refractivity (Wildman–Crippen MR) is 197 cm³/mol. The van der Waals surface area contributed by atoms with Crippen molar-refractivity contribution in [1.29, 1.82) is 0 Å². The molecule has 0 aliphatic heterocycles. The summed E-state index contributed by atoms with van der Waals surface area (Å²) in [6.07, 6.45) is 5.13. The van der Waals surface area contributed by atoms with Crippen LogP contribution < -0.4 is 32.3 Å². The molecule has 0 saturated carbocycles. The number of primary amides is 1. The number of amides is 6. The largest absolute Gasteiger partial charge is 0.508 e. The van der Waals surface area contributed by atoms with Gasteiger partial charge >= 0.3 is 0 Å². The molecule has 3 unspecified atom stereocenters. The Morgan fingerprint density at radius 1 is 0.820 bits per heavy atom. The van der Waals surface area contributed by atoms with Gasteiger partial charge in [-0.3, -0.25) is 28.8 Å². The maximum Gasteiger partial charge on any atom is 0.244 e. The molecule has 0 aromatic heterocycles. The highest BCUT2D eigenvalue weighted by Gasteiger charge is 2.33. The van der Waals surface area contributed by atoms with E-state index in [4.69, 9.17) is 5.73 Å². The minimum atomic E-state index is -1.17. The van der Waals surface area contributed by atoms with Crippen LogP contribution in [0.2, 0.25) is 0 Å². The molecule has 280 valence electrons. The topological polar surface area (TPSA) is 209 Å². The summed E-state index contributed by atoms with van der Waals surface area (Å²) >= 11 is 1.33. The van der Waals surface area contributed by atoms with Crippen molar-refractivity contribution in [2.75, 3.05) is 5.75 Å². The first-order chi connectivity index (χ1) is 23.6. The molecule has 8 N–H and O–H groups in total. The van der Waals surface area contributed by atoms with E-state index >= 15 is 0 Å². The number of unbranched alkanes of at least 4 members (excludes halogenated alkanes) is 1. The highest BCUT2D eigenvalue weighted by molar-refractivity contribution is 8.02. The van der Waals surface area contributed by atoms with Crippen molar-refractivity contribution in [3.8, 4) is 5.75 Å². The number of hydrogen-bond donors (Lipinski definition) is 7. The van der Waals surface area contributed by atoms with Crippen LogP contribution in [-0.2, 0) is 35.2 Å². The fourth-order valence-corrected chi connectivity index (χ4v) is 5.74. The van der Waals surface area contributed by atoms with Gasteiger partial charge in [0, 0.05) is 31.6 Å². The van der Waals surface area contributed by atoms with E-state index in [1.165, 1.54) is 30.8 Å². The fraction of sp³-hybridized carbons (Fsp3) is 0.611. The maximum absolute atomic E-state index is 13.9. The molecule has 0 radical (unpaired) electrons. The van der Waals surface area contributed by atoms with Gasteiger partial charge in [0.1, 0.15) is 29.9 Å². The van der Waals surface area contributed by atoms with Crippen LogP contribution in [0.3, 0.4) is 0 Å². The summed E-state index contributed by atoms with van der Waals surface area (Å²) in [5.41, 5.74) is 5.89. The third kappa shape index (κ3) is 17.5. The number of rotatable bonds is 23. The Balaban J connectivity index is 3.39. The normalized spacial score (nSPS) is 14.9. The van der Waals surface area contributed by atoms with Crippen molar-refractivity contribution < 1.29 is 33.9 Å². The molecule has 0 aliphatic rings. The first-order valence-electron chi connectivity index (χ1n) is 17.4. The van der Waals surface area contributed by atoms with E-state index in [9.17, 15) is 33.9 Å². The summed E-state index contributed by atoms with van der Waals surface area (Å²) in [6, 6.07) is 1.75. The lowest BCUT2D eigenvalue weighted by Gasteiger charge is -2.29. The molecule has 0 spiro atoms. The van der Waals surface area contributed by atoms with Crippen LogP contribution in [0.5, 0.6) is 5.75 Å². The Hall–Kier alpha value is -4.07. The Morgan fingerprint density at radius 3 is 1.98 bits per heavy atom. The number of allylic oxidation sites excluding steroid dienone is 1. The third-order valence-electron chi connectivity index (χ3n) is 7.96. The van der Waals surface area contributed by atoms with Crippen molar-refractivity contribution in [2.45, 2.75) is 124 Å². The van der Waals surface area contributed by atoms with E-state index in [2.05, 4.69) is 26.6 Å². The van der Waals surface area contributed by atoms with E-state index in [1.54, 1.807) is 19.1 Å². The number of carbonyl (C=O) groups excluding carboxylic acids is 6. The van der Waals surface area contributed by atoms with Crippen LogP contribution in [0.4, 0.5) is 0 Å². The number of phenolic OH excluding ortho intramolecular Hbond substituents is 1. The second kappa shape index (κ2) is 23.4. The minimum absolute atomic E-state index is 0.0216. The summed E-state index contributed by atoms with van der Waals surface area (Å²) in [4.78, 5) is 77.8. The first kappa shape index (κ1) is 44.0. The molecule has 1 aromatic carbocycles. The summed E-state index contributed by atoms with van der Waals surface area (Å²) in [6.45, 7) is 12.7. The average Bonchev–Trinajstić information content (AvgIpc) is 3.04. The number of nitrogens with two attached hydrogens (primary N) is 1. The molecular weight excluding hydrogens is 660 g/mol. The van der Waals surface area contributed by atoms with Crippen molar-refractivity contribution in [2.24, 2.45) is 17.6 Å². The number of carbonyl (C=O) groups is 6. The lowest BCUT2D eigenvalue weighted by atomic mass is 9.96. The number of thioether (sulfide) groups is 1. The smallest absolute Gasteiger partial charge is 0.244 e. The van der Waals surface area contributed by atoms with E-state index < -0.39 is 53.7 Å². The van der Waals surface area contributed by atoms with E-state index in [1.807, 2.05) is 46.1 Å². The van der Waals surface area contributed by atoms with Crippen LogP contribution >= 0.6 is 11.8 Å². The highest BCUT2D eigenvalue weighted by atomic mass is 32.2. The number of phenols is 1. The highest BCUT2D eigenvalue weighted by Crippen LogP contribution is 2.15. The SMILES string of the molecule is CCC/C=C\SC[C@H](NC(=O)C(CC(C)C)NC(C)=O)C(=O)NC(Cc1ccc(O)cc1)C(=O)N[C@H](C(=O)N[C@H](C)CCC(N)=O)C(C)CC. The van der Waals surface area contributed by atoms with Crippen molar-refractivity contribution in [1.82, 2.24) is 26.6 Å². The summed E-state index contributed by atoms with van der Waals surface area (Å²) in [5, 5.41) is 25.6. The van der Waals surface area contributed by atoms with Gasteiger partial charge < -0.3 is 37.4 Å². The monoisotopic (exact) mass is 718 g/mol. The number of benzene rings is 1. The Bertz CT molecular complexity index is 1290. The van der Waals surface area contributed by atoms with Gasteiger partial charge in [-0.1, -0.05) is 65.7 Å².